The number of nitrogens with one attached hydrogen (secondary N) is 1. The van der Waals surface area contributed by atoms with Crippen molar-refractivity contribution in [3.63, 3.8) is 0 Å². The van der Waals surface area contributed by atoms with E-state index in [2.05, 4.69) is 6.58 Å². The van der Waals surface area contributed by atoms with Gasteiger partial charge in [0.15, 0.2) is 5.78 Å². The van der Waals surface area contributed by atoms with Gasteiger partial charge >= 0.3 is 0 Å². The predicted octanol–water partition coefficient (Wildman–Crippen LogP) is -0.213. The van der Waals surface area contributed by atoms with Gasteiger partial charge in [0.2, 0.25) is 0 Å². The van der Waals surface area contributed by atoms with Crippen LogP contribution in [0.4, 0.5) is 0 Å². The lowest BCUT2D eigenvalue weighted by atomic mass is 10.0. The lowest BCUT2D eigenvalue weighted by Gasteiger charge is -2.23. The highest BCUT2D eigenvalue weighted by Crippen LogP contribution is 2.06. The van der Waals surface area contributed by atoms with Gasteiger partial charge in [-0.15, -0.1) is 0 Å². The zero-order chi connectivity index (χ0) is 12.0. The molecule has 0 aromatic rings. The molecular formula is C10H21N3O2. The maximum atomic E-state index is 11.8. The smallest absolute Gasteiger partial charge is 0.185 e. The second-order valence-electron chi connectivity index (χ2n) is 4.18. The van der Waals surface area contributed by atoms with Gasteiger partial charge in [0.1, 0.15) is 0 Å². The van der Waals surface area contributed by atoms with Gasteiger partial charge in [-0.2, -0.15) is 0 Å². The molecule has 0 saturated carbocycles. The van der Waals surface area contributed by atoms with Gasteiger partial charge < -0.3 is 9.80 Å². The number of hydroxylamine groups is 1. The Hall–Kier alpha value is -0.910. The van der Waals surface area contributed by atoms with Crippen LogP contribution in [-0.2, 0) is 4.79 Å². The summed E-state index contributed by atoms with van der Waals surface area (Å²) in [6.45, 7) is 4.73. The molecule has 0 rings (SSSR count). The summed E-state index contributed by atoms with van der Waals surface area (Å²) >= 11 is 0. The molecule has 15 heavy (non-hydrogen) atoms. The summed E-state index contributed by atoms with van der Waals surface area (Å²) in [7, 11) is 7.63. The van der Waals surface area contributed by atoms with Crippen molar-refractivity contribution in [1.82, 2.24) is 15.3 Å². The molecule has 0 radical (unpaired) electrons. The molecule has 0 aliphatic carbocycles. The van der Waals surface area contributed by atoms with Crippen molar-refractivity contribution in [2.75, 3.05) is 41.3 Å². The Morgan fingerprint density at radius 3 is 1.93 bits per heavy atom. The molecule has 0 amide bonds. The van der Waals surface area contributed by atoms with Crippen LogP contribution in [-0.4, -0.2) is 62.1 Å². The average molecular weight is 215 g/mol. The largest absolute Gasteiger partial charge is 0.309 e. The first-order valence-corrected chi connectivity index (χ1v) is 4.81. The Labute approximate surface area is 91.3 Å². The van der Waals surface area contributed by atoms with Gasteiger partial charge in [0.25, 0.3) is 0 Å². The quantitative estimate of drug-likeness (QED) is 0.454. The van der Waals surface area contributed by atoms with Crippen molar-refractivity contribution in [3.8, 4) is 0 Å². The van der Waals surface area contributed by atoms with E-state index in [-0.39, 0.29) is 17.4 Å². The molecule has 0 fully saturated rings. The van der Waals surface area contributed by atoms with Crippen LogP contribution in [0.3, 0.4) is 0 Å². The Bertz CT molecular complexity index is 217. The Morgan fingerprint density at radius 1 is 1.27 bits per heavy atom. The van der Waals surface area contributed by atoms with Crippen LogP contribution in [0.2, 0.25) is 0 Å². The van der Waals surface area contributed by atoms with E-state index >= 15 is 0 Å². The third kappa shape index (κ3) is 5.51. The minimum Gasteiger partial charge on any atom is -0.309 e. The number of nitrogens with zero attached hydrogens (tertiary/aromatic N) is 2. The minimum absolute atomic E-state index is 0.0451. The summed E-state index contributed by atoms with van der Waals surface area (Å²) in [5.41, 5.74) is 1.86. The summed E-state index contributed by atoms with van der Waals surface area (Å²) in [6, 6.07) is 0. The second kappa shape index (κ2) is 6.55. The van der Waals surface area contributed by atoms with Crippen molar-refractivity contribution in [2.24, 2.45) is 5.92 Å². The fourth-order valence-corrected chi connectivity index (χ4v) is 1.41. The van der Waals surface area contributed by atoms with Crippen molar-refractivity contribution >= 4 is 5.78 Å². The van der Waals surface area contributed by atoms with Crippen molar-refractivity contribution in [2.45, 2.75) is 0 Å². The lowest BCUT2D eigenvalue weighted by molar-refractivity contribution is -0.121. The topological polar surface area (TPSA) is 55.8 Å². The van der Waals surface area contributed by atoms with E-state index in [0.717, 1.165) is 0 Å². The van der Waals surface area contributed by atoms with E-state index in [1.54, 1.807) is 0 Å². The van der Waals surface area contributed by atoms with E-state index in [9.17, 15) is 4.79 Å². The van der Waals surface area contributed by atoms with Crippen LogP contribution in [0.15, 0.2) is 12.3 Å². The molecule has 0 spiro atoms. The molecule has 0 bridgehead atoms. The van der Waals surface area contributed by atoms with Crippen molar-refractivity contribution in [3.05, 3.63) is 12.3 Å². The van der Waals surface area contributed by atoms with E-state index in [1.165, 1.54) is 0 Å². The zero-order valence-corrected chi connectivity index (χ0v) is 9.95. The first kappa shape index (κ1) is 14.1. The second-order valence-corrected chi connectivity index (χ2v) is 4.18. The molecule has 5 nitrogen and oxygen atoms in total. The highest BCUT2D eigenvalue weighted by molar-refractivity contribution is 5.96. The van der Waals surface area contributed by atoms with Gasteiger partial charge in [-0.1, -0.05) is 6.58 Å². The molecule has 0 aliphatic rings. The van der Waals surface area contributed by atoms with E-state index < -0.39 is 0 Å². The van der Waals surface area contributed by atoms with Crippen LogP contribution in [0.1, 0.15) is 0 Å². The number of hydrogen-bond acceptors (Lipinski definition) is 5. The third-order valence-corrected chi connectivity index (χ3v) is 1.97. The Kier molecular flexibility index (Phi) is 6.15. The molecule has 0 atom stereocenters. The molecule has 5 heteroatoms. The maximum absolute atomic E-state index is 11.8. The first-order chi connectivity index (χ1) is 6.88. The van der Waals surface area contributed by atoms with Crippen LogP contribution in [0.25, 0.3) is 0 Å². The molecule has 0 aromatic carbocycles. The number of carbonyl (C=O) groups excluding carboxylic acids is 1. The molecule has 2 N–H and O–H groups in total. The Balaban J connectivity index is 4.47. The maximum Gasteiger partial charge on any atom is 0.185 e. The summed E-state index contributed by atoms with van der Waals surface area (Å²) in [6.07, 6.45) is 0. The van der Waals surface area contributed by atoms with Crippen LogP contribution >= 0.6 is 0 Å². The van der Waals surface area contributed by atoms with Gasteiger partial charge in [-0.25, -0.2) is 0 Å². The Morgan fingerprint density at radius 2 is 1.67 bits per heavy atom. The fraction of sp³-hybridized carbons (Fsp3) is 0.700. The van der Waals surface area contributed by atoms with E-state index in [0.29, 0.717) is 13.1 Å². The van der Waals surface area contributed by atoms with Crippen molar-refractivity contribution < 1.29 is 10.0 Å². The minimum atomic E-state index is -0.179. The third-order valence-electron chi connectivity index (χ3n) is 1.97. The number of hydrogen-bond donors (Lipinski definition) is 2. The number of Topliss-reactive ketones (excluding diaryl/α,β-unsaturated/α-hetero) is 1. The zero-order valence-electron chi connectivity index (χ0n) is 9.95. The number of allylic oxidation sites excluding steroid dienone is 1. The molecule has 0 heterocycles. The van der Waals surface area contributed by atoms with Crippen LogP contribution < -0.4 is 5.48 Å². The molecule has 88 valence electrons. The number of ketones is 1. The molecular weight excluding hydrogens is 194 g/mol. The van der Waals surface area contributed by atoms with Crippen molar-refractivity contribution in [1.29, 1.82) is 0 Å². The standard InChI is InChI=1S/C10H21N3O2/c1-8(11-15)10(14)9(6-12(2)3)7-13(4)5/h9,11,15H,1,6-7H2,2-5H3. The monoisotopic (exact) mass is 215 g/mol. The number of carbonyl (C=O) groups is 1. The van der Waals surface area contributed by atoms with E-state index in [4.69, 9.17) is 5.21 Å². The highest BCUT2D eigenvalue weighted by Gasteiger charge is 2.22. The van der Waals surface area contributed by atoms with Gasteiger partial charge in [-0.05, 0) is 28.2 Å². The molecule has 0 unspecified atom stereocenters. The van der Waals surface area contributed by atoms with Gasteiger partial charge in [0.05, 0.1) is 5.70 Å². The summed E-state index contributed by atoms with van der Waals surface area (Å²) in [5.74, 6) is -0.331. The normalized spacial score (nSPS) is 11.2. The van der Waals surface area contributed by atoms with E-state index in [1.807, 2.05) is 43.5 Å². The van der Waals surface area contributed by atoms with Gasteiger partial charge in [0, 0.05) is 19.0 Å². The summed E-state index contributed by atoms with van der Waals surface area (Å²) in [5, 5.41) is 8.62. The molecule has 0 aliphatic heterocycles. The number of rotatable bonds is 7. The molecule has 0 aromatic heterocycles. The van der Waals surface area contributed by atoms with Crippen LogP contribution in [0, 0.1) is 5.92 Å². The lowest BCUT2D eigenvalue weighted by Crippen LogP contribution is -2.38. The first-order valence-electron chi connectivity index (χ1n) is 4.81. The van der Waals surface area contributed by atoms with Crippen LogP contribution in [0.5, 0.6) is 0 Å². The average Bonchev–Trinajstić information content (AvgIpc) is 2.13. The predicted molar refractivity (Wildman–Crippen MR) is 59.7 cm³/mol. The fourth-order valence-electron chi connectivity index (χ4n) is 1.41. The highest BCUT2D eigenvalue weighted by atomic mass is 16.5. The summed E-state index contributed by atoms with van der Waals surface area (Å²) < 4.78 is 0. The SMILES string of the molecule is C=C(NO)C(=O)C(CN(C)C)CN(C)C. The summed E-state index contributed by atoms with van der Waals surface area (Å²) in [4.78, 5) is 15.7. The van der Waals surface area contributed by atoms with Gasteiger partial charge in [-0.3, -0.25) is 15.5 Å². The molecule has 0 saturated heterocycles.